The summed E-state index contributed by atoms with van der Waals surface area (Å²) in [6.45, 7) is 2.84. The van der Waals surface area contributed by atoms with Gasteiger partial charge in [0.2, 0.25) is 0 Å². The topological polar surface area (TPSA) is 89.5 Å². The van der Waals surface area contributed by atoms with Gasteiger partial charge in [-0.2, -0.15) is 0 Å². The fraction of sp³-hybridized carbons (Fsp3) is 0.0909. The third-order valence-corrected chi connectivity index (χ3v) is 5.04. The van der Waals surface area contributed by atoms with Crippen LogP contribution in [0.3, 0.4) is 0 Å². The van der Waals surface area contributed by atoms with E-state index in [2.05, 4.69) is 4.90 Å². The van der Waals surface area contributed by atoms with E-state index in [-0.39, 0.29) is 11.4 Å². The molecule has 0 spiro atoms. The van der Waals surface area contributed by atoms with Gasteiger partial charge < -0.3 is 4.90 Å². The molecule has 1 aliphatic rings. The number of fused-ring (bicyclic) bond motifs is 2. The Balaban J connectivity index is 2.02. The minimum absolute atomic E-state index is 0.272. The number of anilines is 1. The van der Waals surface area contributed by atoms with Crippen molar-refractivity contribution in [3.05, 3.63) is 98.2 Å². The van der Waals surface area contributed by atoms with E-state index in [4.69, 9.17) is 0 Å². The molecule has 0 saturated carbocycles. The maximum Gasteiger partial charge on any atom is 0.284 e. The zero-order valence-corrected chi connectivity index (χ0v) is 15.6. The van der Waals surface area contributed by atoms with Gasteiger partial charge in [-0.1, -0.05) is 36.4 Å². The van der Waals surface area contributed by atoms with Crippen molar-refractivity contribution in [1.82, 2.24) is 0 Å². The highest BCUT2D eigenvalue weighted by Crippen LogP contribution is 2.40. The Labute approximate surface area is 166 Å². The summed E-state index contributed by atoms with van der Waals surface area (Å²) in [5.74, 6) is 0. The molecule has 1 aliphatic heterocycles. The van der Waals surface area contributed by atoms with E-state index >= 15 is 0 Å². The molecular weight excluding hydrogens is 370 g/mol. The molecule has 7 nitrogen and oxygen atoms in total. The van der Waals surface area contributed by atoms with Gasteiger partial charge in [0.05, 0.1) is 26.9 Å². The van der Waals surface area contributed by atoms with Gasteiger partial charge in [-0.15, -0.1) is 0 Å². The Kier molecular flexibility index (Phi) is 4.56. The van der Waals surface area contributed by atoms with Crippen molar-refractivity contribution >= 4 is 39.5 Å². The molecule has 3 aromatic carbocycles. The van der Waals surface area contributed by atoms with Gasteiger partial charge in [-0.25, -0.2) is 0 Å². The average molecular weight is 387 g/mol. The molecule has 4 rings (SSSR count). The first-order valence-corrected chi connectivity index (χ1v) is 9.11. The molecular formula is C22H17N3O4. The number of hydrogen-bond donors (Lipinski definition) is 0. The second-order valence-corrected chi connectivity index (χ2v) is 6.61. The van der Waals surface area contributed by atoms with Crippen LogP contribution in [-0.4, -0.2) is 16.4 Å². The summed E-state index contributed by atoms with van der Waals surface area (Å²) in [4.78, 5) is 24.2. The minimum atomic E-state index is -0.582. The summed E-state index contributed by atoms with van der Waals surface area (Å²) in [5, 5.41) is 24.1. The van der Waals surface area contributed by atoms with E-state index in [1.807, 2.05) is 43.5 Å². The highest BCUT2D eigenvalue weighted by Gasteiger charge is 2.25. The standard InChI is InChI=1S/C22H17N3O4/c1-2-23-12-11-15(16-7-5-6-10-20(16)23)13-19-17-8-3-4-9-18(17)21(24(26)27)14-22(19)25(28)29/h3-14H,2H2,1H3/b15-13+. The summed E-state index contributed by atoms with van der Waals surface area (Å²) in [6, 6.07) is 15.6. The van der Waals surface area contributed by atoms with E-state index in [0.717, 1.165) is 29.4 Å². The molecule has 0 bridgehead atoms. The van der Waals surface area contributed by atoms with Gasteiger partial charge in [0.1, 0.15) is 0 Å². The Morgan fingerprint density at radius 2 is 1.59 bits per heavy atom. The van der Waals surface area contributed by atoms with Gasteiger partial charge in [-0.05, 0) is 36.8 Å². The number of nitro benzene ring substituents is 2. The van der Waals surface area contributed by atoms with Crippen LogP contribution < -0.4 is 4.90 Å². The second-order valence-electron chi connectivity index (χ2n) is 6.61. The minimum Gasteiger partial charge on any atom is -0.348 e. The van der Waals surface area contributed by atoms with Crippen LogP contribution in [0.15, 0.2) is 66.9 Å². The van der Waals surface area contributed by atoms with Crippen LogP contribution >= 0.6 is 0 Å². The van der Waals surface area contributed by atoms with Crippen LogP contribution in [0.1, 0.15) is 18.1 Å². The van der Waals surface area contributed by atoms with Crippen LogP contribution in [0.25, 0.3) is 22.4 Å². The van der Waals surface area contributed by atoms with E-state index < -0.39 is 9.85 Å². The Bertz CT molecular complexity index is 1210. The lowest BCUT2D eigenvalue weighted by atomic mass is 9.94. The number of non-ortho nitro benzene ring substituents is 1. The maximum absolute atomic E-state index is 11.8. The number of rotatable bonds is 4. The number of nitro groups is 2. The first kappa shape index (κ1) is 18.4. The average Bonchev–Trinajstić information content (AvgIpc) is 2.73. The molecule has 0 unspecified atom stereocenters. The van der Waals surface area contributed by atoms with Crippen LogP contribution in [-0.2, 0) is 0 Å². The fourth-order valence-electron chi connectivity index (χ4n) is 3.68. The highest BCUT2D eigenvalue weighted by atomic mass is 16.6. The second kappa shape index (κ2) is 7.20. The quantitative estimate of drug-likeness (QED) is 0.432. The highest BCUT2D eigenvalue weighted by molar-refractivity contribution is 6.05. The molecule has 0 fully saturated rings. The molecule has 0 saturated heterocycles. The lowest BCUT2D eigenvalue weighted by molar-refractivity contribution is -0.393. The molecule has 0 aromatic heterocycles. The summed E-state index contributed by atoms with van der Waals surface area (Å²) in [5.41, 5.74) is 2.58. The predicted molar refractivity (Wildman–Crippen MR) is 114 cm³/mol. The summed E-state index contributed by atoms with van der Waals surface area (Å²) in [6.07, 6.45) is 5.59. The zero-order valence-electron chi connectivity index (χ0n) is 15.6. The number of hydrogen-bond acceptors (Lipinski definition) is 5. The Morgan fingerprint density at radius 1 is 0.931 bits per heavy atom. The van der Waals surface area contributed by atoms with Crippen molar-refractivity contribution in [3.63, 3.8) is 0 Å². The first-order valence-electron chi connectivity index (χ1n) is 9.11. The first-order chi connectivity index (χ1) is 14.0. The number of para-hydroxylation sites is 1. The maximum atomic E-state index is 11.8. The zero-order chi connectivity index (χ0) is 20.5. The van der Waals surface area contributed by atoms with Crippen LogP contribution in [0, 0.1) is 20.2 Å². The lowest BCUT2D eigenvalue weighted by Crippen LogP contribution is -2.18. The SMILES string of the molecule is CCN1C=C/C(=C\c2c([N+](=O)[O-])cc([N+](=O)[O-])c3ccccc23)c2ccccc21. The smallest absolute Gasteiger partial charge is 0.284 e. The van der Waals surface area contributed by atoms with E-state index in [1.54, 1.807) is 30.3 Å². The molecule has 144 valence electrons. The molecule has 1 heterocycles. The molecule has 3 aromatic rings. The van der Waals surface area contributed by atoms with Gasteiger partial charge in [-0.3, -0.25) is 20.2 Å². The van der Waals surface area contributed by atoms with Crippen molar-refractivity contribution in [2.45, 2.75) is 6.92 Å². The molecule has 29 heavy (non-hydrogen) atoms. The van der Waals surface area contributed by atoms with E-state index in [0.29, 0.717) is 16.3 Å². The van der Waals surface area contributed by atoms with Crippen LogP contribution in [0.4, 0.5) is 17.1 Å². The van der Waals surface area contributed by atoms with Crippen molar-refractivity contribution in [3.8, 4) is 0 Å². The number of allylic oxidation sites excluding steroid dienone is 2. The molecule has 0 radical (unpaired) electrons. The third-order valence-electron chi connectivity index (χ3n) is 5.04. The van der Waals surface area contributed by atoms with Gasteiger partial charge in [0.15, 0.2) is 0 Å². The van der Waals surface area contributed by atoms with Crippen LogP contribution in [0.5, 0.6) is 0 Å². The molecule has 7 heteroatoms. The van der Waals surface area contributed by atoms with Gasteiger partial charge in [0, 0.05) is 29.4 Å². The molecule has 0 aliphatic carbocycles. The largest absolute Gasteiger partial charge is 0.348 e. The Hall–Kier alpha value is -4.00. The monoisotopic (exact) mass is 387 g/mol. The van der Waals surface area contributed by atoms with Gasteiger partial charge >= 0.3 is 0 Å². The molecule has 0 amide bonds. The summed E-state index contributed by atoms with van der Waals surface area (Å²) in [7, 11) is 0. The van der Waals surface area contributed by atoms with E-state index in [1.165, 1.54) is 0 Å². The molecule has 0 N–H and O–H groups in total. The van der Waals surface area contributed by atoms with Crippen molar-refractivity contribution in [1.29, 1.82) is 0 Å². The fourth-order valence-corrected chi connectivity index (χ4v) is 3.68. The van der Waals surface area contributed by atoms with Crippen LogP contribution in [0.2, 0.25) is 0 Å². The normalized spacial score (nSPS) is 14.2. The lowest BCUT2D eigenvalue weighted by Gasteiger charge is -2.26. The number of nitrogens with zero attached hydrogens (tertiary/aromatic N) is 3. The molecule has 0 atom stereocenters. The Morgan fingerprint density at radius 3 is 2.28 bits per heavy atom. The summed E-state index contributed by atoms with van der Waals surface area (Å²) >= 11 is 0. The van der Waals surface area contributed by atoms with Crippen molar-refractivity contribution in [2.24, 2.45) is 0 Å². The number of benzene rings is 3. The summed E-state index contributed by atoms with van der Waals surface area (Å²) < 4.78 is 0. The third kappa shape index (κ3) is 3.12. The predicted octanol–water partition coefficient (Wildman–Crippen LogP) is 5.55. The van der Waals surface area contributed by atoms with Gasteiger partial charge in [0.25, 0.3) is 11.4 Å². The van der Waals surface area contributed by atoms with Crippen molar-refractivity contribution in [2.75, 3.05) is 11.4 Å². The van der Waals surface area contributed by atoms with E-state index in [9.17, 15) is 20.2 Å². The van der Waals surface area contributed by atoms with Crippen molar-refractivity contribution < 1.29 is 9.85 Å².